The largest absolute Gasteiger partial charge is 0.472 e. The number of unbranched alkanes of at least 4 members (excludes halogenated alkanes) is 33. The van der Waals surface area contributed by atoms with Gasteiger partial charge in [0.1, 0.15) is 19.3 Å². The minimum atomic E-state index is -4.28. The molecule has 0 aromatic carbocycles. The predicted molar refractivity (Wildman–Crippen MR) is 270 cm³/mol. The van der Waals surface area contributed by atoms with Gasteiger partial charge < -0.3 is 18.9 Å². The maximum Gasteiger partial charge on any atom is 0.472 e. The number of quaternary nitrogens is 1. The monoisotopic (exact) mass is 913 g/mol. The molecule has 0 fully saturated rings. The zero-order valence-electron chi connectivity index (χ0n) is 42.6. The molecule has 0 spiro atoms. The summed E-state index contributed by atoms with van der Waals surface area (Å²) in [6.07, 6.45) is 56.5. The molecule has 0 saturated carbocycles. The van der Waals surface area contributed by atoms with Gasteiger partial charge in [-0.05, 0) is 44.9 Å². The smallest absolute Gasteiger partial charge is 0.457 e. The zero-order chi connectivity index (χ0) is 46.2. The van der Waals surface area contributed by atoms with Crippen LogP contribution in [-0.4, -0.2) is 75.6 Å². The van der Waals surface area contributed by atoms with Crippen molar-refractivity contribution in [2.24, 2.45) is 0 Å². The van der Waals surface area contributed by atoms with Crippen molar-refractivity contribution < 1.29 is 37.3 Å². The highest BCUT2D eigenvalue weighted by molar-refractivity contribution is 7.47. The molecule has 2 atom stereocenters. The summed E-state index contributed by atoms with van der Waals surface area (Å²) >= 11 is 0. The number of rotatable bonds is 51. The van der Waals surface area contributed by atoms with Gasteiger partial charge in [0.05, 0.1) is 34.4 Å². The van der Waals surface area contributed by atoms with Gasteiger partial charge in [0.2, 0.25) is 0 Å². The highest BCUT2D eigenvalue weighted by Crippen LogP contribution is 2.43. The second kappa shape index (κ2) is 47.5. The Bertz CT molecular complexity index is 1060. The molecule has 0 aliphatic carbocycles. The number of phosphoric acid groups is 1. The van der Waals surface area contributed by atoms with Crippen molar-refractivity contribution in [2.45, 2.75) is 264 Å². The number of esters is 1. The first-order chi connectivity index (χ1) is 30.6. The third-order valence-electron chi connectivity index (χ3n) is 12.0. The molecule has 0 bridgehead atoms. The van der Waals surface area contributed by atoms with Gasteiger partial charge in [-0.25, -0.2) is 4.57 Å². The van der Waals surface area contributed by atoms with Crippen LogP contribution >= 0.6 is 7.82 Å². The Morgan fingerprint density at radius 3 is 1.29 bits per heavy atom. The van der Waals surface area contributed by atoms with E-state index < -0.39 is 13.9 Å². The lowest BCUT2D eigenvalue weighted by Crippen LogP contribution is -2.37. The van der Waals surface area contributed by atoms with Gasteiger partial charge in [-0.3, -0.25) is 13.8 Å². The van der Waals surface area contributed by atoms with Gasteiger partial charge in [-0.1, -0.05) is 231 Å². The van der Waals surface area contributed by atoms with E-state index in [1.54, 1.807) is 0 Å². The summed E-state index contributed by atoms with van der Waals surface area (Å²) < 4.78 is 35.2. The summed E-state index contributed by atoms with van der Waals surface area (Å²) in [5.74, 6) is -0.312. The van der Waals surface area contributed by atoms with Gasteiger partial charge in [-0.2, -0.15) is 0 Å². The number of carbonyl (C=O) groups is 1. The van der Waals surface area contributed by atoms with Crippen LogP contribution in [0.5, 0.6) is 0 Å². The van der Waals surface area contributed by atoms with E-state index in [1.165, 1.54) is 199 Å². The van der Waals surface area contributed by atoms with E-state index in [2.05, 4.69) is 38.2 Å². The number of likely N-dealkylation sites (N-methyl/N-ethyl adjacent to an activating group) is 1. The molecule has 374 valence electrons. The summed E-state index contributed by atoms with van der Waals surface area (Å²) in [5.41, 5.74) is 0. The number of allylic oxidation sites excluding steroid dienone is 4. The lowest BCUT2D eigenvalue weighted by molar-refractivity contribution is -0.870. The zero-order valence-corrected chi connectivity index (χ0v) is 43.5. The van der Waals surface area contributed by atoms with E-state index >= 15 is 0 Å². The molecule has 0 radical (unpaired) electrons. The SMILES string of the molecule is CCCCCCC/C=C\C/C=C\CCCCCCCCCCCC(=O)OC(COCCCCCCCCCCCCCCCCCCCCCC)COP(=O)(O)OCC[N+](C)(C)C. The van der Waals surface area contributed by atoms with Crippen LogP contribution in [-0.2, 0) is 27.9 Å². The Labute approximate surface area is 392 Å². The van der Waals surface area contributed by atoms with Crippen molar-refractivity contribution in [3.8, 4) is 0 Å². The van der Waals surface area contributed by atoms with Crippen LogP contribution in [0.1, 0.15) is 258 Å². The Morgan fingerprint density at radius 2 is 0.873 bits per heavy atom. The minimum Gasteiger partial charge on any atom is -0.457 e. The first-order valence-corrected chi connectivity index (χ1v) is 28.6. The lowest BCUT2D eigenvalue weighted by Gasteiger charge is -2.24. The van der Waals surface area contributed by atoms with Crippen LogP contribution in [0, 0.1) is 0 Å². The number of hydrogen-bond acceptors (Lipinski definition) is 6. The van der Waals surface area contributed by atoms with Crippen molar-refractivity contribution in [3.05, 3.63) is 24.3 Å². The van der Waals surface area contributed by atoms with E-state index in [0.29, 0.717) is 24.1 Å². The average Bonchev–Trinajstić information content (AvgIpc) is 3.24. The lowest BCUT2D eigenvalue weighted by atomic mass is 10.0. The summed E-state index contributed by atoms with van der Waals surface area (Å²) in [5, 5.41) is 0. The van der Waals surface area contributed by atoms with E-state index in [1.807, 2.05) is 21.1 Å². The van der Waals surface area contributed by atoms with Crippen molar-refractivity contribution in [2.75, 3.05) is 54.1 Å². The molecule has 63 heavy (non-hydrogen) atoms. The number of nitrogens with zero attached hydrogens (tertiary/aromatic N) is 1. The van der Waals surface area contributed by atoms with E-state index in [4.69, 9.17) is 18.5 Å². The van der Waals surface area contributed by atoms with Crippen LogP contribution in [0.3, 0.4) is 0 Å². The van der Waals surface area contributed by atoms with Crippen LogP contribution in [0.2, 0.25) is 0 Å². The Hall–Kier alpha value is -1.02. The van der Waals surface area contributed by atoms with Crippen LogP contribution in [0.4, 0.5) is 0 Å². The first kappa shape index (κ1) is 62.0. The van der Waals surface area contributed by atoms with E-state index in [9.17, 15) is 14.3 Å². The Kier molecular flexibility index (Phi) is 46.7. The molecule has 0 amide bonds. The number of carbonyl (C=O) groups excluding carboxylic acids is 1. The molecular weight excluding hydrogens is 806 g/mol. The summed E-state index contributed by atoms with van der Waals surface area (Å²) in [6, 6.07) is 0. The molecule has 0 saturated heterocycles. The van der Waals surface area contributed by atoms with Gasteiger partial charge in [-0.15, -0.1) is 0 Å². The number of phosphoric ester groups is 1. The second-order valence-corrected chi connectivity index (χ2v) is 21.1. The fourth-order valence-corrected chi connectivity index (χ4v) is 8.56. The van der Waals surface area contributed by atoms with Gasteiger partial charge in [0.15, 0.2) is 0 Å². The summed E-state index contributed by atoms with van der Waals surface area (Å²) in [6.45, 7) is 5.67. The Morgan fingerprint density at radius 1 is 0.492 bits per heavy atom. The molecule has 9 heteroatoms. The molecule has 8 nitrogen and oxygen atoms in total. The van der Waals surface area contributed by atoms with E-state index in [0.717, 1.165) is 38.5 Å². The molecule has 2 unspecified atom stereocenters. The van der Waals surface area contributed by atoms with Crippen LogP contribution in [0.25, 0.3) is 0 Å². The normalized spacial score (nSPS) is 13.7. The van der Waals surface area contributed by atoms with Crippen molar-refractivity contribution in [3.63, 3.8) is 0 Å². The van der Waals surface area contributed by atoms with Crippen molar-refractivity contribution >= 4 is 13.8 Å². The third kappa shape index (κ3) is 51.8. The van der Waals surface area contributed by atoms with Crippen molar-refractivity contribution in [1.29, 1.82) is 0 Å². The topological polar surface area (TPSA) is 91.3 Å². The van der Waals surface area contributed by atoms with Crippen LogP contribution < -0.4 is 0 Å². The third-order valence-corrected chi connectivity index (χ3v) is 13.0. The van der Waals surface area contributed by atoms with E-state index in [-0.39, 0.29) is 25.8 Å². The maximum absolute atomic E-state index is 12.8. The summed E-state index contributed by atoms with van der Waals surface area (Å²) in [4.78, 5) is 23.0. The highest BCUT2D eigenvalue weighted by Gasteiger charge is 2.26. The first-order valence-electron chi connectivity index (χ1n) is 27.1. The molecule has 0 heterocycles. The molecule has 0 aliphatic rings. The van der Waals surface area contributed by atoms with Gasteiger partial charge in [0.25, 0.3) is 0 Å². The van der Waals surface area contributed by atoms with Crippen LogP contribution in [0.15, 0.2) is 24.3 Å². The molecule has 0 aromatic rings. The van der Waals surface area contributed by atoms with Gasteiger partial charge in [0, 0.05) is 13.0 Å². The number of hydrogen-bond donors (Lipinski definition) is 1. The standard InChI is InChI=1S/C54H106NO7P/c1-6-8-10-12-14-16-18-20-22-24-26-28-29-31-33-35-37-39-41-43-45-47-54(56)62-53(52-61-63(57,58)60-50-48-55(3,4)5)51-59-49-46-44-42-40-38-36-34-32-30-27-25-23-21-19-17-15-13-11-9-7-2/h18,20,24,26,53H,6-17,19,21-23,25,27-52H2,1-5H3/p+1/b20-18-,26-24-. The molecular formula is C54H107NO7P+. The Balaban J connectivity index is 4.09. The minimum absolute atomic E-state index is 0.0902. The molecule has 0 aliphatic heterocycles. The molecule has 1 N–H and O–H groups in total. The molecule has 0 rings (SSSR count). The fourth-order valence-electron chi connectivity index (χ4n) is 7.82. The second-order valence-electron chi connectivity index (χ2n) is 19.6. The quantitative estimate of drug-likeness (QED) is 0.0214. The molecule has 0 aromatic heterocycles. The predicted octanol–water partition coefficient (Wildman–Crippen LogP) is 16.7. The van der Waals surface area contributed by atoms with Crippen molar-refractivity contribution in [1.82, 2.24) is 0 Å². The fraction of sp³-hybridized carbons (Fsp3) is 0.907. The maximum atomic E-state index is 12.8. The highest BCUT2D eigenvalue weighted by atomic mass is 31.2. The summed E-state index contributed by atoms with van der Waals surface area (Å²) in [7, 11) is 1.68. The van der Waals surface area contributed by atoms with Gasteiger partial charge >= 0.3 is 13.8 Å². The average molecular weight is 913 g/mol. The number of ether oxygens (including phenoxy) is 2.